The van der Waals surface area contributed by atoms with Gasteiger partial charge in [0.1, 0.15) is 6.61 Å². The lowest BCUT2D eigenvalue weighted by atomic mass is 9.87. The Hall–Kier alpha value is -1.22. The largest absolute Gasteiger partial charge is 0.493 e. The molecule has 1 aromatic carbocycles. The molecular formula is C15H24O3. The molecule has 18 heavy (non-hydrogen) atoms. The molecule has 0 aliphatic heterocycles. The highest BCUT2D eigenvalue weighted by molar-refractivity contribution is 5.44. The molecule has 0 aromatic heterocycles. The van der Waals surface area contributed by atoms with Gasteiger partial charge >= 0.3 is 0 Å². The Kier molecular flexibility index (Phi) is 5.03. The first kappa shape index (κ1) is 14.8. The highest BCUT2D eigenvalue weighted by Gasteiger charge is 2.16. The molecule has 1 atom stereocenters. The van der Waals surface area contributed by atoms with Crippen LogP contribution < -0.4 is 9.47 Å². The van der Waals surface area contributed by atoms with E-state index in [2.05, 4.69) is 26.8 Å². The average Bonchev–Trinajstić information content (AvgIpc) is 2.34. The number of hydrogen-bond acceptors (Lipinski definition) is 3. The molecule has 0 saturated carbocycles. The quantitative estimate of drug-likeness (QED) is 0.803. The zero-order valence-electron chi connectivity index (χ0n) is 12.2. The summed E-state index contributed by atoms with van der Waals surface area (Å²) >= 11 is 0. The molecule has 0 fully saturated rings. The standard InChI is InChI=1S/C15H24O3/c1-11(16-5)10-18-13-8-7-12(15(2,3)4)9-14(13)17-6/h7-9,11H,10H2,1-6H3. The number of rotatable bonds is 5. The van der Waals surface area contributed by atoms with Crippen molar-refractivity contribution in [3.63, 3.8) is 0 Å². The summed E-state index contributed by atoms with van der Waals surface area (Å²) < 4.78 is 16.2. The highest BCUT2D eigenvalue weighted by atomic mass is 16.5. The lowest BCUT2D eigenvalue weighted by molar-refractivity contribution is 0.0706. The highest BCUT2D eigenvalue weighted by Crippen LogP contribution is 2.33. The number of ether oxygens (including phenoxy) is 3. The molecule has 0 spiro atoms. The normalized spacial score (nSPS) is 13.2. The van der Waals surface area contributed by atoms with Gasteiger partial charge in [-0.1, -0.05) is 26.8 Å². The predicted molar refractivity (Wildman–Crippen MR) is 73.7 cm³/mol. The second-order valence-electron chi connectivity index (χ2n) is 5.47. The second kappa shape index (κ2) is 6.10. The summed E-state index contributed by atoms with van der Waals surface area (Å²) in [5, 5.41) is 0. The summed E-state index contributed by atoms with van der Waals surface area (Å²) in [6.07, 6.45) is 0.0667. The predicted octanol–water partition coefficient (Wildman–Crippen LogP) is 3.41. The first-order chi connectivity index (χ1) is 8.38. The maximum Gasteiger partial charge on any atom is 0.161 e. The molecule has 102 valence electrons. The van der Waals surface area contributed by atoms with Gasteiger partial charge in [-0.2, -0.15) is 0 Å². The molecule has 1 unspecified atom stereocenters. The zero-order valence-corrected chi connectivity index (χ0v) is 12.2. The van der Waals surface area contributed by atoms with Crippen molar-refractivity contribution in [2.24, 2.45) is 0 Å². The van der Waals surface area contributed by atoms with Crippen molar-refractivity contribution in [3.05, 3.63) is 23.8 Å². The van der Waals surface area contributed by atoms with Crippen LogP contribution in [0.1, 0.15) is 33.3 Å². The first-order valence-electron chi connectivity index (χ1n) is 6.22. The third-order valence-electron chi connectivity index (χ3n) is 2.91. The SMILES string of the molecule is COc1cc(C(C)(C)C)ccc1OCC(C)OC. The summed E-state index contributed by atoms with van der Waals surface area (Å²) in [6, 6.07) is 6.07. The van der Waals surface area contributed by atoms with E-state index in [0.717, 1.165) is 11.5 Å². The number of hydrogen-bond donors (Lipinski definition) is 0. The van der Waals surface area contributed by atoms with E-state index in [1.807, 2.05) is 19.1 Å². The second-order valence-corrected chi connectivity index (χ2v) is 5.47. The molecular weight excluding hydrogens is 228 g/mol. The third kappa shape index (κ3) is 3.91. The average molecular weight is 252 g/mol. The van der Waals surface area contributed by atoms with Gasteiger partial charge in [0.2, 0.25) is 0 Å². The molecule has 1 rings (SSSR count). The van der Waals surface area contributed by atoms with E-state index in [4.69, 9.17) is 14.2 Å². The van der Waals surface area contributed by atoms with Crippen molar-refractivity contribution in [1.29, 1.82) is 0 Å². The molecule has 0 bridgehead atoms. The molecule has 0 saturated heterocycles. The Labute approximate surface area is 110 Å². The van der Waals surface area contributed by atoms with Crippen LogP contribution in [0.5, 0.6) is 11.5 Å². The van der Waals surface area contributed by atoms with Gasteiger partial charge in [0.15, 0.2) is 11.5 Å². The third-order valence-corrected chi connectivity index (χ3v) is 2.91. The lowest BCUT2D eigenvalue weighted by Crippen LogP contribution is -2.16. The fourth-order valence-corrected chi connectivity index (χ4v) is 1.53. The molecule has 0 radical (unpaired) electrons. The van der Waals surface area contributed by atoms with Gasteiger partial charge in [0.25, 0.3) is 0 Å². The van der Waals surface area contributed by atoms with Crippen LogP contribution in [-0.4, -0.2) is 26.9 Å². The van der Waals surface area contributed by atoms with Crippen LogP contribution in [0.3, 0.4) is 0 Å². The molecule has 1 aromatic rings. The molecule has 3 nitrogen and oxygen atoms in total. The monoisotopic (exact) mass is 252 g/mol. The first-order valence-corrected chi connectivity index (χ1v) is 6.22. The topological polar surface area (TPSA) is 27.7 Å². The fourth-order valence-electron chi connectivity index (χ4n) is 1.53. The van der Waals surface area contributed by atoms with Crippen molar-refractivity contribution in [2.45, 2.75) is 39.2 Å². The van der Waals surface area contributed by atoms with Gasteiger partial charge in [-0.15, -0.1) is 0 Å². The Morgan fingerprint density at radius 3 is 2.28 bits per heavy atom. The summed E-state index contributed by atoms with van der Waals surface area (Å²) in [5.41, 5.74) is 1.33. The van der Waals surface area contributed by atoms with E-state index in [1.54, 1.807) is 14.2 Å². The van der Waals surface area contributed by atoms with E-state index in [9.17, 15) is 0 Å². The minimum absolute atomic E-state index is 0.0667. The molecule has 0 aliphatic rings. The summed E-state index contributed by atoms with van der Waals surface area (Å²) in [7, 11) is 3.34. The van der Waals surface area contributed by atoms with Crippen molar-refractivity contribution in [2.75, 3.05) is 20.8 Å². The van der Waals surface area contributed by atoms with Gasteiger partial charge in [-0.3, -0.25) is 0 Å². The fraction of sp³-hybridized carbons (Fsp3) is 0.600. The van der Waals surface area contributed by atoms with E-state index < -0.39 is 0 Å². The Balaban J connectivity index is 2.87. The van der Waals surface area contributed by atoms with Gasteiger partial charge in [0, 0.05) is 7.11 Å². The smallest absolute Gasteiger partial charge is 0.161 e. The van der Waals surface area contributed by atoms with Gasteiger partial charge < -0.3 is 14.2 Å². The van der Waals surface area contributed by atoms with Crippen molar-refractivity contribution in [1.82, 2.24) is 0 Å². The minimum atomic E-state index is 0.0667. The molecule has 0 amide bonds. The Morgan fingerprint density at radius 1 is 1.11 bits per heavy atom. The van der Waals surface area contributed by atoms with Crippen LogP contribution in [0, 0.1) is 0 Å². The van der Waals surface area contributed by atoms with Gasteiger partial charge in [-0.25, -0.2) is 0 Å². The number of benzene rings is 1. The lowest BCUT2D eigenvalue weighted by Gasteiger charge is -2.21. The van der Waals surface area contributed by atoms with Crippen LogP contribution in [0.15, 0.2) is 18.2 Å². The molecule has 0 N–H and O–H groups in total. The summed E-state index contributed by atoms with van der Waals surface area (Å²) in [5.74, 6) is 1.53. The number of methoxy groups -OCH3 is 2. The summed E-state index contributed by atoms with van der Waals surface area (Å²) in [6.45, 7) is 9.01. The van der Waals surface area contributed by atoms with Crippen molar-refractivity contribution >= 4 is 0 Å². The molecule has 0 aliphatic carbocycles. The maximum absolute atomic E-state index is 5.70. The van der Waals surface area contributed by atoms with E-state index >= 15 is 0 Å². The zero-order chi connectivity index (χ0) is 13.8. The van der Waals surface area contributed by atoms with E-state index in [0.29, 0.717) is 6.61 Å². The van der Waals surface area contributed by atoms with Gasteiger partial charge in [0.05, 0.1) is 13.2 Å². The van der Waals surface area contributed by atoms with Gasteiger partial charge in [-0.05, 0) is 30.0 Å². The van der Waals surface area contributed by atoms with Crippen LogP contribution in [0.25, 0.3) is 0 Å². The van der Waals surface area contributed by atoms with E-state index in [1.165, 1.54) is 5.56 Å². The van der Waals surface area contributed by atoms with Crippen LogP contribution >= 0.6 is 0 Å². The van der Waals surface area contributed by atoms with Crippen LogP contribution in [0.4, 0.5) is 0 Å². The Morgan fingerprint density at radius 2 is 1.78 bits per heavy atom. The maximum atomic E-state index is 5.70. The van der Waals surface area contributed by atoms with Crippen LogP contribution in [0.2, 0.25) is 0 Å². The summed E-state index contributed by atoms with van der Waals surface area (Å²) in [4.78, 5) is 0. The van der Waals surface area contributed by atoms with E-state index in [-0.39, 0.29) is 11.5 Å². The Bertz CT molecular complexity index is 380. The van der Waals surface area contributed by atoms with Crippen LogP contribution in [-0.2, 0) is 10.2 Å². The minimum Gasteiger partial charge on any atom is -0.493 e. The van der Waals surface area contributed by atoms with Crippen molar-refractivity contribution < 1.29 is 14.2 Å². The molecule has 0 heterocycles. The van der Waals surface area contributed by atoms with Crippen molar-refractivity contribution in [3.8, 4) is 11.5 Å². The molecule has 3 heteroatoms.